The average molecular weight is 299 g/mol. The largest absolute Gasteiger partial charge is 0.490 e. The molecule has 0 aromatic heterocycles. The number of para-hydroxylation sites is 1. The summed E-state index contributed by atoms with van der Waals surface area (Å²) in [5.41, 5.74) is 0. The molecule has 1 rings (SSSR count). The zero-order valence-corrected chi connectivity index (χ0v) is 11.7. The topological polar surface area (TPSA) is 84.9 Å². The molecule has 0 aliphatic heterocycles. The number of hydrogen-bond acceptors (Lipinski definition) is 4. The number of methoxy groups -OCH3 is 1. The predicted molar refractivity (Wildman–Crippen MR) is 72.6 cm³/mol. The van der Waals surface area contributed by atoms with Gasteiger partial charge in [0.15, 0.2) is 11.6 Å². The van der Waals surface area contributed by atoms with E-state index in [0.29, 0.717) is 0 Å². The molecule has 0 saturated heterocycles. The van der Waals surface area contributed by atoms with Crippen LogP contribution in [0.3, 0.4) is 0 Å². The highest BCUT2D eigenvalue weighted by Gasteiger charge is 2.19. The van der Waals surface area contributed by atoms with Gasteiger partial charge in [0.2, 0.25) is 5.91 Å². The molecule has 1 aromatic carbocycles. The van der Waals surface area contributed by atoms with Crippen molar-refractivity contribution >= 4 is 11.9 Å². The number of halogens is 1. The number of carboxylic acid groups (broad SMARTS) is 1. The van der Waals surface area contributed by atoms with E-state index >= 15 is 0 Å². The molecule has 6 nitrogen and oxygen atoms in total. The van der Waals surface area contributed by atoms with Gasteiger partial charge in [-0.05, 0) is 12.1 Å². The molecule has 0 fully saturated rings. The Balaban J connectivity index is 2.36. The molecular formula is C14H18FNO5. The van der Waals surface area contributed by atoms with E-state index in [4.69, 9.17) is 14.6 Å². The minimum atomic E-state index is -1.13. The lowest BCUT2D eigenvalue weighted by Gasteiger charge is -2.14. The standard InChI is InChI=1S/C14H18FNO5/c1-20-8-6-11(14(18)19)16-13(17)7-9-21-12-5-3-2-4-10(12)15/h2-5,11H,6-9H2,1H3,(H,16,17)(H,18,19). The van der Waals surface area contributed by atoms with E-state index < -0.39 is 23.7 Å². The Morgan fingerprint density at radius 1 is 1.33 bits per heavy atom. The lowest BCUT2D eigenvalue weighted by Crippen LogP contribution is -2.41. The molecule has 21 heavy (non-hydrogen) atoms. The summed E-state index contributed by atoms with van der Waals surface area (Å²) < 4.78 is 23.2. The minimum absolute atomic E-state index is 0.0383. The van der Waals surface area contributed by atoms with Crippen molar-refractivity contribution in [3.63, 3.8) is 0 Å². The normalized spacial score (nSPS) is 11.7. The van der Waals surface area contributed by atoms with Gasteiger partial charge in [-0.2, -0.15) is 0 Å². The first-order valence-electron chi connectivity index (χ1n) is 6.43. The third-order valence-corrected chi connectivity index (χ3v) is 2.67. The molecule has 2 N–H and O–H groups in total. The third kappa shape index (κ3) is 6.22. The summed E-state index contributed by atoms with van der Waals surface area (Å²) in [5, 5.41) is 11.3. The summed E-state index contributed by atoms with van der Waals surface area (Å²) in [7, 11) is 1.45. The number of ether oxygens (including phenoxy) is 2. The maximum atomic E-state index is 13.3. The average Bonchev–Trinajstić information content (AvgIpc) is 2.45. The Morgan fingerprint density at radius 2 is 2.05 bits per heavy atom. The number of aliphatic carboxylic acids is 1. The Hall–Kier alpha value is -2.15. The van der Waals surface area contributed by atoms with Crippen molar-refractivity contribution in [2.45, 2.75) is 18.9 Å². The fraction of sp³-hybridized carbons (Fsp3) is 0.429. The van der Waals surface area contributed by atoms with E-state index in [0.717, 1.165) is 0 Å². The van der Waals surface area contributed by atoms with Crippen LogP contribution in [0.5, 0.6) is 5.75 Å². The Morgan fingerprint density at radius 3 is 2.67 bits per heavy atom. The highest BCUT2D eigenvalue weighted by molar-refractivity contribution is 5.83. The van der Waals surface area contributed by atoms with Gasteiger partial charge in [0.1, 0.15) is 6.04 Å². The number of rotatable bonds is 9. The Bertz CT molecular complexity index is 480. The second-order valence-electron chi connectivity index (χ2n) is 4.27. The van der Waals surface area contributed by atoms with Gasteiger partial charge in [0.05, 0.1) is 13.0 Å². The van der Waals surface area contributed by atoms with Crippen molar-refractivity contribution in [3.05, 3.63) is 30.1 Å². The van der Waals surface area contributed by atoms with Crippen LogP contribution < -0.4 is 10.1 Å². The van der Waals surface area contributed by atoms with Gasteiger partial charge in [0, 0.05) is 20.1 Å². The van der Waals surface area contributed by atoms with Crippen LogP contribution in [0.25, 0.3) is 0 Å². The monoisotopic (exact) mass is 299 g/mol. The molecule has 7 heteroatoms. The Kier molecular flexibility index (Phi) is 7.17. The summed E-state index contributed by atoms with van der Waals surface area (Å²) in [5.74, 6) is -2.06. The fourth-order valence-corrected chi connectivity index (χ4v) is 1.58. The van der Waals surface area contributed by atoms with Crippen LogP contribution in [-0.4, -0.2) is 43.3 Å². The summed E-state index contributed by atoms with van der Waals surface area (Å²) >= 11 is 0. The molecule has 0 radical (unpaired) electrons. The van der Waals surface area contributed by atoms with E-state index in [1.165, 1.54) is 25.3 Å². The van der Waals surface area contributed by atoms with Crippen molar-refractivity contribution < 1.29 is 28.6 Å². The molecule has 0 bridgehead atoms. The maximum Gasteiger partial charge on any atom is 0.326 e. The first kappa shape index (κ1) is 16.9. The van der Waals surface area contributed by atoms with E-state index in [2.05, 4.69) is 5.32 Å². The molecule has 0 aliphatic carbocycles. The zero-order chi connectivity index (χ0) is 15.7. The number of carboxylic acids is 1. The second-order valence-corrected chi connectivity index (χ2v) is 4.27. The van der Waals surface area contributed by atoms with E-state index in [-0.39, 0.29) is 31.8 Å². The molecule has 0 spiro atoms. The van der Waals surface area contributed by atoms with E-state index in [1.807, 2.05) is 0 Å². The number of hydrogen-bond donors (Lipinski definition) is 2. The number of carbonyl (C=O) groups is 2. The Labute approximate surface area is 121 Å². The molecule has 1 unspecified atom stereocenters. The van der Waals surface area contributed by atoms with Crippen LogP contribution in [0.1, 0.15) is 12.8 Å². The van der Waals surface area contributed by atoms with Gasteiger partial charge in [-0.15, -0.1) is 0 Å². The summed E-state index contributed by atoms with van der Waals surface area (Å²) in [6.07, 6.45) is 0.108. The van der Waals surface area contributed by atoms with E-state index in [9.17, 15) is 14.0 Å². The molecule has 1 atom stereocenters. The van der Waals surface area contributed by atoms with Crippen molar-refractivity contribution in [2.24, 2.45) is 0 Å². The summed E-state index contributed by atoms with van der Waals surface area (Å²) in [6, 6.07) is 4.84. The molecule has 116 valence electrons. The smallest absolute Gasteiger partial charge is 0.326 e. The number of amides is 1. The highest BCUT2D eigenvalue weighted by atomic mass is 19.1. The van der Waals surface area contributed by atoms with E-state index in [1.54, 1.807) is 6.07 Å². The summed E-state index contributed by atoms with van der Waals surface area (Å²) in [6.45, 7) is 0.187. The fourth-order valence-electron chi connectivity index (χ4n) is 1.58. The molecular weight excluding hydrogens is 281 g/mol. The van der Waals surface area contributed by atoms with Gasteiger partial charge in [-0.1, -0.05) is 12.1 Å². The van der Waals surface area contributed by atoms with Crippen LogP contribution >= 0.6 is 0 Å². The van der Waals surface area contributed by atoms with Crippen molar-refractivity contribution in [2.75, 3.05) is 20.3 Å². The minimum Gasteiger partial charge on any atom is -0.490 e. The van der Waals surface area contributed by atoms with Crippen LogP contribution in [0.2, 0.25) is 0 Å². The first-order valence-corrected chi connectivity index (χ1v) is 6.43. The lowest BCUT2D eigenvalue weighted by molar-refractivity contribution is -0.142. The molecule has 1 amide bonds. The lowest BCUT2D eigenvalue weighted by atomic mass is 10.2. The van der Waals surface area contributed by atoms with Gasteiger partial charge >= 0.3 is 5.97 Å². The highest BCUT2D eigenvalue weighted by Crippen LogP contribution is 2.15. The third-order valence-electron chi connectivity index (χ3n) is 2.67. The van der Waals surface area contributed by atoms with Gasteiger partial charge in [-0.25, -0.2) is 9.18 Å². The SMILES string of the molecule is COCCC(NC(=O)CCOc1ccccc1F)C(=O)O. The molecule has 0 saturated carbocycles. The van der Waals surface area contributed by atoms with Crippen molar-refractivity contribution in [3.8, 4) is 5.75 Å². The van der Waals surface area contributed by atoms with Crippen molar-refractivity contribution in [1.29, 1.82) is 0 Å². The number of carbonyl (C=O) groups excluding carboxylic acids is 1. The first-order chi connectivity index (χ1) is 10.0. The second kappa shape index (κ2) is 8.91. The van der Waals surface area contributed by atoms with Crippen LogP contribution in [0, 0.1) is 5.82 Å². The molecule has 0 heterocycles. The number of nitrogens with one attached hydrogen (secondary N) is 1. The van der Waals surface area contributed by atoms with Gasteiger partial charge in [-0.3, -0.25) is 4.79 Å². The van der Waals surface area contributed by atoms with Crippen molar-refractivity contribution in [1.82, 2.24) is 5.32 Å². The van der Waals surface area contributed by atoms with Crippen LogP contribution in [-0.2, 0) is 14.3 Å². The predicted octanol–water partition coefficient (Wildman–Crippen LogP) is 1.20. The molecule has 0 aliphatic rings. The van der Waals surface area contributed by atoms with Crippen LogP contribution in [0.4, 0.5) is 4.39 Å². The number of benzene rings is 1. The maximum absolute atomic E-state index is 13.3. The molecule has 1 aromatic rings. The quantitative estimate of drug-likeness (QED) is 0.715. The summed E-state index contributed by atoms with van der Waals surface area (Å²) in [4.78, 5) is 22.5. The van der Waals surface area contributed by atoms with Crippen LogP contribution in [0.15, 0.2) is 24.3 Å². The van der Waals surface area contributed by atoms with Gasteiger partial charge in [0.25, 0.3) is 0 Å². The zero-order valence-electron chi connectivity index (χ0n) is 11.7. The van der Waals surface area contributed by atoms with Gasteiger partial charge < -0.3 is 19.9 Å².